The average Bonchev–Trinajstić information content (AvgIpc) is 2.30. The van der Waals surface area contributed by atoms with Crippen molar-refractivity contribution in [3.8, 4) is 6.07 Å². The lowest BCUT2D eigenvalue weighted by atomic mass is 10.2. The first-order chi connectivity index (χ1) is 8.19. The number of nitriles is 1. The zero-order chi connectivity index (χ0) is 12.7. The highest BCUT2D eigenvalue weighted by molar-refractivity contribution is 9.10. The lowest BCUT2D eigenvalue weighted by Crippen LogP contribution is -2.28. The first kappa shape index (κ1) is 13.8. The molecule has 0 amide bonds. The van der Waals surface area contributed by atoms with Crippen LogP contribution in [0.25, 0.3) is 0 Å². The lowest BCUT2D eigenvalue weighted by Gasteiger charge is -2.24. The van der Waals surface area contributed by atoms with Crippen LogP contribution in [0.4, 0.5) is 11.4 Å². The smallest absolute Gasteiger partial charge is 0.0640 e. The second-order valence-electron chi connectivity index (χ2n) is 3.60. The van der Waals surface area contributed by atoms with Crippen LogP contribution in [0.2, 0.25) is 0 Å². The Labute approximate surface area is 110 Å². The molecule has 0 aliphatic rings. The quantitative estimate of drug-likeness (QED) is 0.819. The summed E-state index contributed by atoms with van der Waals surface area (Å²) < 4.78 is 6.01. The van der Waals surface area contributed by atoms with Gasteiger partial charge in [0.05, 0.1) is 24.8 Å². The predicted octanol–water partition coefficient (Wildman–Crippen LogP) is 2.40. The Morgan fingerprint density at radius 3 is 2.82 bits per heavy atom. The molecule has 17 heavy (non-hydrogen) atoms. The van der Waals surface area contributed by atoms with Crippen LogP contribution in [0.3, 0.4) is 0 Å². The zero-order valence-corrected chi connectivity index (χ0v) is 11.4. The second kappa shape index (κ2) is 7.15. The number of halogens is 1. The molecule has 5 heteroatoms. The summed E-state index contributed by atoms with van der Waals surface area (Å²) in [4.78, 5) is 2.11. The van der Waals surface area contributed by atoms with E-state index in [9.17, 15) is 0 Å². The molecule has 1 rings (SSSR count). The highest BCUT2D eigenvalue weighted by Gasteiger charge is 2.09. The highest BCUT2D eigenvalue weighted by atomic mass is 79.9. The van der Waals surface area contributed by atoms with E-state index >= 15 is 0 Å². The van der Waals surface area contributed by atoms with Crippen molar-refractivity contribution >= 4 is 27.3 Å². The van der Waals surface area contributed by atoms with Crippen molar-refractivity contribution in [1.82, 2.24) is 0 Å². The Hall–Kier alpha value is -1.25. The predicted molar refractivity (Wildman–Crippen MR) is 72.9 cm³/mol. The number of hydrogen-bond acceptors (Lipinski definition) is 4. The molecule has 0 spiro atoms. The van der Waals surface area contributed by atoms with Crippen LogP contribution in [0.1, 0.15) is 6.42 Å². The molecule has 0 heterocycles. The van der Waals surface area contributed by atoms with Crippen LogP contribution >= 0.6 is 15.9 Å². The summed E-state index contributed by atoms with van der Waals surface area (Å²) in [6.07, 6.45) is 0.487. The fraction of sp³-hybridized carbons (Fsp3) is 0.417. The third kappa shape index (κ3) is 4.25. The average molecular weight is 298 g/mol. The van der Waals surface area contributed by atoms with E-state index in [4.69, 9.17) is 15.7 Å². The van der Waals surface area contributed by atoms with Gasteiger partial charge in [-0.05, 0) is 34.1 Å². The Bertz CT molecular complexity index is 403. The van der Waals surface area contributed by atoms with E-state index in [1.807, 2.05) is 18.2 Å². The normalized spacial score (nSPS) is 9.94. The maximum Gasteiger partial charge on any atom is 0.0640 e. The van der Waals surface area contributed by atoms with E-state index in [1.54, 1.807) is 7.11 Å². The molecule has 0 atom stereocenters. The topological polar surface area (TPSA) is 62.3 Å². The van der Waals surface area contributed by atoms with Gasteiger partial charge < -0.3 is 15.4 Å². The summed E-state index contributed by atoms with van der Waals surface area (Å²) in [7, 11) is 1.67. The summed E-state index contributed by atoms with van der Waals surface area (Å²) in [6, 6.07) is 7.82. The number of nitrogen functional groups attached to an aromatic ring is 1. The van der Waals surface area contributed by atoms with Crippen LogP contribution in [0.15, 0.2) is 22.7 Å². The molecule has 0 aliphatic carbocycles. The molecule has 0 aliphatic heterocycles. The summed E-state index contributed by atoms with van der Waals surface area (Å²) in [5.74, 6) is 0. The molecule has 1 aromatic rings. The van der Waals surface area contributed by atoms with Crippen molar-refractivity contribution in [2.75, 3.05) is 37.4 Å². The largest absolute Gasteiger partial charge is 0.399 e. The standard InChI is InChI=1S/C12H16BrN3O/c1-17-8-7-16(6-2-5-14)12-4-3-10(15)9-11(12)13/h3-4,9H,2,6-8,15H2,1H3. The van der Waals surface area contributed by atoms with E-state index in [-0.39, 0.29) is 0 Å². The van der Waals surface area contributed by atoms with Crippen LogP contribution in [0, 0.1) is 11.3 Å². The summed E-state index contributed by atoms with van der Waals surface area (Å²) >= 11 is 3.49. The molecule has 2 N–H and O–H groups in total. The number of rotatable bonds is 6. The van der Waals surface area contributed by atoms with Crippen molar-refractivity contribution < 1.29 is 4.74 Å². The monoisotopic (exact) mass is 297 g/mol. The molecule has 4 nitrogen and oxygen atoms in total. The van der Waals surface area contributed by atoms with Crippen molar-refractivity contribution in [2.24, 2.45) is 0 Å². The van der Waals surface area contributed by atoms with Gasteiger partial charge in [0.25, 0.3) is 0 Å². The second-order valence-corrected chi connectivity index (χ2v) is 4.45. The Morgan fingerprint density at radius 1 is 1.47 bits per heavy atom. The molecular formula is C12H16BrN3O. The van der Waals surface area contributed by atoms with Crippen molar-refractivity contribution in [3.05, 3.63) is 22.7 Å². The third-order valence-corrected chi connectivity index (χ3v) is 3.01. The maximum atomic E-state index is 8.66. The molecule has 0 saturated carbocycles. The van der Waals surface area contributed by atoms with Crippen molar-refractivity contribution in [3.63, 3.8) is 0 Å². The minimum absolute atomic E-state index is 0.487. The lowest BCUT2D eigenvalue weighted by molar-refractivity contribution is 0.205. The molecule has 0 saturated heterocycles. The van der Waals surface area contributed by atoms with Crippen LogP contribution in [-0.2, 0) is 4.74 Å². The van der Waals surface area contributed by atoms with Gasteiger partial charge in [-0.2, -0.15) is 5.26 Å². The zero-order valence-electron chi connectivity index (χ0n) is 9.82. The number of nitrogens with two attached hydrogens (primary N) is 1. The van der Waals surface area contributed by atoms with Gasteiger partial charge >= 0.3 is 0 Å². The first-order valence-corrected chi connectivity index (χ1v) is 6.14. The van der Waals surface area contributed by atoms with E-state index in [2.05, 4.69) is 26.9 Å². The van der Waals surface area contributed by atoms with Gasteiger partial charge in [0.15, 0.2) is 0 Å². The van der Waals surface area contributed by atoms with Gasteiger partial charge in [0.1, 0.15) is 0 Å². The molecule has 0 aromatic heterocycles. The van der Waals surface area contributed by atoms with E-state index in [0.29, 0.717) is 25.3 Å². The molecule has 92 valence electrons. The first-order valence-electron chi connectivity index (χ1n) is 5.35. The van der Waals surface area contributed by atoms with Crippen LogP contribution < -0.4 is 10.6 Å². The molecular weight excluding hydrogens is 282 g/mol. The van der Waals surface area contributed by atoms with Gasteiger partial charge in [-0.1, -0.05) is 0 Å². The minimum atomic E-state index is 0.487. The SMILES string of the molecule is COCCN(CCC#N)c1ccc(N)cc1Br. The molecule has 1 aromatic carbocycles. The number of ether oxygens (including phenoxy) is 1. The van der Waals surface area contributed by atoms with E-state index in [0.717, 1.165) is 16.7 Å². The van der Waals surface area contributed by atoms with Crippen molar-refractivity contribution in [1.29, 1.82) is 5.26 Å². The number of nitrogens with zero attached hydrogens (tertiary/aromatic N) is 2. The summed E-state index contributed by atoms with van der Waals surface area (Å²) in [6.45, 7) is 2.06. The number of methoxy groups -OCH3 is 1. The maximum absolute atomic E-state index is 8.66. The Balaban J connectivity index is 2.83. The summed E-state index contributed by atoms with van der Waals surface area (Å²) in [5.41, 5.74) is 7.45. The third-order valence-electron chi connectivity index (χ3n) is 2.37. The fourth-order valence-electron chi connectivity index (χ4n) is 1.52. The van der Waals surface area contributed by atoms with Gasteiger partial charge in [-0.15, -0.1) is 0 Å². The molecule has 0 unspecified atom stereocenters. The number of anilines is 2. The van der Waals surface area contributed by atoms with E-state index < -0.39 is 0 Å². The van der Waals surface area contributed by atoms with Crippen LogP contribution in [-0.4, -0.2) is 26.8 Å². The Kier molecular flexibility index (Phi) is 5.81. The minimum Gasteiger partial charge on any atom is -0.399 e. The summed E-state index contributed by atoms with van der Waals surface area (Å²) in [5, 5.41) is 8.66. The van der Waals surface area contributed by atoms with Gasteiger partial charge in [-0.3, -0.25) is 0 Å². The fourth-order valence-corrected chi connectivity index (χ4v) is 2.17. The Morgan fingerprint density at radius 2 is 2.24 bits per heavy atom. The van der Waals surface area contributed by atoms with Crippen molar-refractivity contribution in [2.45, 2.75) is 6.42 Å². The molecule has 0 fully saturated rings. The van der Waals surface area contributed by atoms with Gasteiger partial charge in [0, 0.05) is 30.4 Å². The molecule has 0 bridgehead atoms. The highest BCUT2D eigenvalue weighted by Crippen LogP contribution is 2.28. The van der Waals surface area contributed by atoms with E-state index in [1.165, 1.54) is 0 Å². The molecule has 0 radical (unpaired) electrons. The number of hydrogen-bond donors (Lipinski definition) is 1. The van der Waals surface area contributed by atoms with Crippen LogP contribution in [0.5, 0.6) is 0 Å². The van der Waals surface area contributed by atoms with Gasteiger partial charge in [-0.25, -0.2) is 0 Å². The van der Waals surface area contributed by atoms with Gasteiger partial charge in [0.2, 0.25) is 0 Å². The number of benzene rings is 1.